The molecule has 0 amide bonds. The van der Waals surface area contributed by atoms with E-state index in [0.717, 1.165) is 69.8 Å². The van der Waals surface area contributed by atoms with Gasteiger partial charge >= 0.3 is 12.0 Å². The summed E-state index contributed by atoms with van der Waals surface area (Å²) in [6.07, 6.45) is 0. The molecule has 11 heteroatoms. The predicted molar refractivity (Wildman–Crippen MR) is 114 cm³/mol. The molecule has 4 heterocycles. The van der Waals surface area contributed by atoms with Crippen LogP contribution in [-0.2, 0) is 0 Å². The van der Waals surface area contributed by atoms with Crippen LogP contribution in [0, 0.1) is 6.92 Å². The number of hydrogen-bond acceptors (Lipinski definition) is 11. The highest BCUT2D eigenvalue weighted by molar-refractivity contribution is 5.48. The van der Waals surface area contributed by atoms with Crippen LogP contribution in [0.4, 0.5) is 17.7 Å². The largest absolute Gasteiger partial charge is 0.467 e. The third kappa shape index (κ3) is 4.45. The average Bonchev–Trinajstić information content (AvgIpc) is 2.79. The van der Waals surface area contributed by atoms with Crippen molar-refractivity contribution in [3.63, 3.8) is 0 Å². The molecule has 0 bridgehead atoms. The molecule has 4 rings (SSSR count). The van der Waals surface area contributed by atoms with Gasteiger partial charge in [0.1, 0.15) is 5.82 Å². The average molecular weight is 416 g/mol. The number of aromatic nitrogens is 5. The van der Waals surface area contributed by atoms with Crippen LogP contribution in [0.1, 0.15) is 5.69 Å². The van der Waals surface area contributed by atoms with E-state index in [-0.39, 0.29) is 12.0 Å². The molecule has 0 aromatic carbocycles. The number of methoxy groups -OCH3 is 2. The normalized spacial score (nSPS) is 17.9. The molecule has 2 aliphatic rings. The van der Waals surface area contributed by atoms with Gasteiger partial charge in [0.15, 0.2) is 0 Å². The second kappa shape index (κ2) is 8.82. The highest BCUT2D eigenvalue weighted by Crippen LogP contribution is 2.22. The summed E-state index contributed by atoms with van der Waals surface area (Å²) in [5.41, 5.74) is 0.989. The van der Waals surface area contributed by atoms with Gasteiger partial charge < -0.3 is 29.1 Å². The second-order valence-electron chi connectivity index (χ2n) is 7.54. The van der Waals surface area contributed by atoms with Gasteiger partial charge in [0.05, 0.1) is 14.2 Å². The number of nitrogens with zero attached hydrogens (tertiary/aromatic N) is 9. The number of aryl methyl sites for hydroxylation is 1. The number of ether oxygens (including phenoxy) is 2. The van der Waals surface area contributed by atoms with Crippen LogP contribution >= 0.6 is 0 Å². The summed E-state index contributed by atoms with van der Waals surface area (Å²) in [4.78, 5) is 31.4. The highest BCUT2D eigenvalue weighted by Gasteiger charge is 2.24. The Morgan fingerprint density at radius 2 is 1.17 bits per heavy atom. The molecule has 30 heavy (non-hydrogen) atoms. The van der Waals surface area contributed by atoms with Crippen LogP contribution in [0.25, 0.3) is 0 Å². The summed E-state index contributed by atoms with van der Waals surface area (Å²) in [6, 6.07) is 2.56. The summed E-state index contributed by atoms with van der Waals surface area (Å²) in [5.74, 6) is 2.37. The molecular formula is C19H29N9O2. The lowest BCUT2D eigenvalue weighted by Crippen LogP contribution is -2.48. The summed E-state index contributed by atoms with van der Waals surface area (Å²) in [7, 11) is 5.22. The molecule has 0 saturated carbocycles. The highest BCUT2D eigenvalue weighted by atomic mass is 16.5. The van der Waals surface area contributed by atoms with Gasteiger partial charge in [0, 0.05) is 64.1 Å². The Morgan fingerprint density at radius 1 is 0.667 bits per heavy atom. The zero-order valence-corrected chi connectivity index (χ0v) is 18.1. The zero-order chi connectivity index (χ0) is 21.1. The van der Waals surface area contributed by atoms with Gasteiger partial charge in [0.2, 0.25) is 11.9 Å². The van der Waals surface area contributed by atoms with Gasteiger partial charge in [-0.2, -0.15) is 15.0 Å². The zero-order valence-electron chi connectivity index (χ0n) is 18.1. The van der Waals surface area contributed by atoms with Crippen molar-refractivity contribution in [2.45, 2.75) is 6.92 Å². The molecule has 11 nitrogen and oxygen atoms in total. The molecule has 0 radical (unpaired) electrons. The van der Waals surface area contributed by atoms with Gasteiger partial charge in [-0.3, -0.25) is 0 Å². The van der Waals surface area contributed by atoms with Crippen LogP contribution in [-0.4, -0.2) is 103 Å². The first-order valence-electron chi connectivity index (χ1n) is 10.2. The Kier molecular flexibility index (Phi) is 5.98. The maximum absolute atomic E-state index is 5.17. The van der Waals surface area contributed by atoms with E-state index < -0.39 is 0 Å². The Hall–Kier alpha value is -2.95. The fraction of sp³-hybridized carbons (Fsp3) is 0.632. The third-order valence-corrected chi connectivity index (χ3v) is 5.45. The number of likely N-dealkylation sites (N-methyl/N-ethyl adjacent to an activating group) is 1. The van der Waals surface area contributed by atoms with Crippen molar-refractivity contribution in [1.29, 1.82) is 0 Å². The minimum atomic E-state index is 0.252. The Balaban J connectivity index is 1.45. The van der Waals surface area contributed by atoms with Gasteiger partial charge in [-0.1, -0.05) is 0 Å². The molecule has 162 valence electrons. The molecule has 2 aromatic rings. The molecule has 0 unspecified atom stereocenters. The quantitative estimate of drug-likeness (QED) is 0.663. The van der Waals surface area contributed by atoms with Crippen LogP contribution in [0.5, 0.6) is 12.0 Å². The minimum absolute atomic E-state index is 0.252. The van der Waals surface area contributed by atoms with Crippen LogP contribution in [0.2, 0.25) is 0 Å². The summed E-state index contributed by atoms with van der Waals surface area (Å²) < 4.78 is 10.3. The van der Waals surface area contributed by atoms with Gasteiger partial charge in [-0.25, -0.2) is 4.98 Å². The van der Waals surface area contributed by atoms with Crippen LogP contribution in [0.15, 0.2) is 6.07 Å². The lowest BCUT2D eigenvalue weighted by molar-refractivity contribution is 0.311. The summed E-state index contributed by atoms with van der Waals surface area (Å²) in [6.45, 7) is 9.17. The van der Waals surface area contributed by atoms with Crippen molar-refractivity contribution in [2.24, 2.45) is 0 Å². The predicted octanol–water partition coefficient (Wildman–Crippen LogP) is 0.0656. The number of anilines is 3. The molecule has 0 N–H and O–H groups in total. The topological polar surface area (TPSA) is 95.9 Å². The summed E-state index contributed by atoms with van der Waals surface area (Å²) >= 11 is 0. The van der Waals surface area contributed by atoms with Crippen molar-refractivity contribution in [2.75, 3.05) is 88.3 Å². The van der Waals surface area contributed by atoms with E-state index in [1.54, 1.807) is 0 Å². The third-order valence-electron chi connectivity index (χ3n) is 5.45. The molecule has 0 spiro atoms. The van der Waals surface area contributed by atoms with Crippen molar-refractivity contribution < 1.29 is 9.47 Å². The standard InChI is InChI=1S/C19H29N9O2/c1-14-13-15(21-16(20-14)27-7-5-25(2)6-8-27)26-9-11-28(12-10-26)17-22-18(29-3)24-19(23-17)30-4/h13H,5-12H2,1-4H3. The Labute approximate surface area is 176 Å². The first-order chi connectivity index (χ1) is 14.6. The molecule has 2 aliphatic heterocycles. The summed E-state index contributed by atoms with van der Waals surface area (Å²) in [5, 5.41) is 0. The van der Waals surface area contributed by atoms with E-state index in [0.29, 0.717) is 5.95 Å². The number of piperazine rings is 2. The van der Waals surface area contributed by atoms with Gasteiger partial charge in [0.25, 0.3) is 0 Å². The molecule has 0 aliphatic carbocycles. The number of rotatable bonds is 5. The molecule has 2 aromatic heterocycles. The van der Waals surface area contributed by atoms with Gasteiger partial charge in [-0.05, 0) is 14.0 Å². The number of hydrogen-bond donors (Lipinski definition) is 0. The molecule has 0 atom stereocenters. The maximum Gasteiger partial charge on any atom is 0.324 e. The SMILES string of the molecule is COc1nc(OC)nc(N2CCN(c3cc(C)nc(N4CCN(C)CC4)n3)CC2)n1. The second-order valence-corrected chi connectivity index (χ2v) is 7.54. The Morgan fingerprint density at radius 3 is 1.73 bits per heavy atom. The van der Waals surface area contributed by atoms with E-state index in [4.69, 9.17) is 14.5 Å². The van der Waals surface area contributed by atoms with E-state index >= 15 is 0 Å². The molecular weight excluding hydrogens is 386 g/mol. The first kappa shape index (κ1) is 20.3. The fourth-order valence-corrected chi connectivity index (χ4v) is 3.63. The van der Waals surface area contributed by atoms with Crippen molar-refractivity contribution in [3.05, 3.63) is 11.8 Å². The van der Waals surface area contributed by atoms with Gasteiger partial charge in [-0.15, -0.1) is 4.98 Å². The van der Waals surface area contributed by atoms with E-state index in [1.165, 1.54) is 14.2 Å². The first-order valence-corrected chi connectivity index (χ1v) is 10.2. The van der Waals surface area contributed by atoms with Crippen molar-refractivity contribution >= 4 is 17.7 Å². The lowest BCUT2D eigenvalue weighted by atomic mass is 10.3. The van der Waals surface area contributed by atoms with E-state index in [1.807, 2.05) is 6.92 Å². The van der Waals surface area contributed by atoms with E-state index in [9.17, 15) is 0 Å². The maximum atomic E-state index is 5.17. The molecule has 2 fully saturated rings. The minimum Gasteiger partial charge on any atom is -0.467 e. The van der Waals surface area contributed by atoms with Crippen molar-refractivity contribution in [3.8, 4) is 12.0 Å². The molecule has 2 saturated heterocycles. The van der Waals surface area contributed by atoms with Crippen LogP contribution in [0.3, 0.4) is 0 Å². The smallest absolute Gasteiger partial charge is 0.324 e. The van der Waals surface area contributed by atoms with E-state index in [2.05, 4.69) is 52.6 Å². The van der Waals surface area contributed by atoms with Crippen molar-refractivity contribution in [1.82, 2.24) is 29.8 Å². The lowest BCUT2D eigenvalue weighted by Gasteiger charge is -2.36. The Bertz CT molecular complexity index is 843. The monoisotopic (exact) mass is 415 g/mol. The fourth-order valence-electron chi connectivity index (χ4n) is 3.63. The van der Waals surface area contributed by atoms with Crippen LogP contribution < -0.4 is 24.2 Å².